The number of anilines is 1. The molecule has 3 aromatic rings. The molecule has 8 heteroatoms. The zero-order valence-electron chi connectivity index (χ0n) is 15.7. The summed E-state index contributed by atoms with van der Waals surface area (Å²) in [5.41, 5.74) is 7.46. The van der Waals surface area contributed by atoms with Crippen LogP contribution < -0.4 is 16.2 Å². The van der Waals surface area contributed by atoms with Crippen molar-refractivity contribution in [1.29, 1.82) is 0 Å². The normalized spacial score (nSPS) is 16.9. The van der Waals surface area contributed by atoms with Gasteiger partial charge in [-0.3, -0.25) is 9.59 Å². The highest BCUT2D eigenvalue weighted by atomic mass is 16.1. The predicted molar refractivity (Wildman–Crippen MR) is 106 cm³/mol. The molecule has 0 unspecified atom stereocenters. The first kappa shape index (κ1) is 18.0. The smallest absolute Gasteiger partial charge is 0.293 e. The van der Waals surface area contributed by atoms with Crippen molar-refractivity contribution in [2.24, 2.45) is 12.8 Å². The highest BCUT2D eigenvalue weighted by molar-refractivity contribution is 5.94. The van der Waals surface area contributed by atoms with Crippen LogP contribution in [0.4, 0.5) is 5.82 Å². The minimum absolute atomic E-state index is 0.00655. The predicted octanol–water partition coefficient (Wildman–Crippen LogP) is 1.45. The van der Waals surface area contributed by atoms with Gasteiger partial charge >= 0.3 is 0 Å². The molecule has 1 fully saturated rings. The summed E-state index contributed by atoms with van der Waals surface area (Å²) in [4.78, 5) is 30.7. The second-order valence-corrected chi connectivity index (χ2v) is 7.02. The number of amides is 1. The van der Waals surface area contributed by atoms with Gasteiger partial charge in [0, 0.05) is 44.6 Å². The van der Waals surface area contributed by atoms with Gasteiger partial charge in [-0.2, -0.15) is 5.10 Å². The minimum Gasteiger partial charge on any atom is -0.365 e. The molecule has 1 aliphatic rings. The molecule has 0 saturated carbocycles. The maximum Gasteiger partial charge on any atom is 0.293 e. The Kier molecular flexibility index (Phi) is 4.68. The summed E-state index contributed by atoms with van der Waals surface area (Å²) in [6, 6.07) is 9.60. The number of rotatable bonds is 4. The molecular weight excluding hydrogens is 356 g/mol. The van der Waals surface area contributed by atoms with E-state index in [0.29, 0.717) is 23.6 Å². The van der Waals surface area contributed by atoms with Gasteiger partial charge < -0.3 is 15.2 Å². The quantitative estimate of drug-likeness (QED) is 0.741. The van der Waals surface area contributed by atoms with Gasteiger partial charge in [-0.25, -0.2) is 9.67 Å². The standard InChI is InChI=1S/C20H22N6O2/c1-24-11-9-22-19(20(24)28)25-10-5-6-14(12-25)17-16(18(21)27)13-26(23-17)15-7-3-2-4-8-15/h2-4,7-9,11,13-14H,5-6,10,12H2,1H3,(H2,21,27)/t14-/m0/s1. The number of hydrogen-bond acceptors (Lipinski definition) is 5. The van der Waals surface area contributed by atoms with Crippen LogP contribution in [-0.2, 0) is 7.05 Å². The van der Waals surface area contributed by atoms with Crippen LogP contribution in [0, 0.1) is 0 Å². The van der Waals surface area contributed by atoms with Crippen molar-refractivity contribution in [3.63, 3.8) is 0 Å². The van der Waals surface area contributed by atoms with Crippen LogP contribution in [0.5, 0.6) is 0 Å². The first-order valence-electron chi connectivity index (χ1n) is 9.26. The van der Waals surface area contributed by atoms with E-state index in [0.717, 1.165) is 25.1 Å². The van der Waals surface area contributed by atoms with Gasteiger partial charge in [0.05, 0.1) is 16.9 Å². The molecule has 2 aromatic heterocycles. The number of nitrogens with zero attached hydrogens (tertiary/aromatic N) is 5. The maximum absolute atomic E-state index is 12.4. The molecule has 0 bridgehead atoms. The van der Waals surface area contributed by atoms with Gasteiger partial charge in [0.1, 0.15) is 0 Å². The van der Waals surface area contributed by atoms with Gasteiger partial charge in [-0.15, -0.1) is 0 Å². The SMILES string of the molecule is Cn1ccnc(N2CCC[C@H](c3nn(-c4ccccc4)cc3C(N)=O)C2)c1=O. The molecule has 4 rings (SSSR count). The number of benzene rings is 1. The molecular formula is C20H22N6O2. The van der Waals surface area contributed by atoms with E-state index in [1.54, 1.807) is 30.3 Å². The number of aryl methyl sites for hydroxylation is 1. The molecule has 1 saturated heterocycles. The van der Waals surface area contributed by atoms with Crippen LogP contribution in [0.2, 0.25) is 0 Å². The second-order valence-electron chi connectivity index (χ2n) is 7.02. The number of hydrogen-bond donors (Lipinski definition) is 1. The molecule has 0 aliphatic carbocycles. The van der Waals surface area contributed by atoms with E-state index in [2.05, 4.69) is 10.1 Å². The lowest BCUT2D eigenvalue weighted by molar-refractivity contribution is 0.0999. The van der Waals surface area contributed by atoms with Gasteiger partial charge in [0.25, 0.3) is 11.5 Å². The Hall–Kier alpha value is -3.42. The summed E-state index contributed by atoms with van der Waals surface area (Å²) in [7, 11) is 1.71. The summed E-state index contributed by atoms with van der Waals surface area (Å²) in [6.45, 7) is 1.31. The third-order valence-corrected chi connectivity index (χ3v) is 5.14. The van der Waals surface area contributed by atoms with Gasteiger partial charge in [0.15, 0.2) is 5.82 Å². The Morgan fingerprint density at radius 2 is 2.04 bits per heavy atom. The van der Waals surface area contributed by atoms with Crippen molar-refractivity contribution >= 4 is 11.7 Å². The lowest BCUT2D eigenvalue weighted by atomic mass is 9.92. The summed E-state index contributed by atoms with van der Waals surface area (Å²) in [5.74, 6) is -0.0752. The molecule has 0 spiro atoms. The monoisotopic (exact) mass is 378 g/mol. The Morgan fingerprint density at radius 3 is 2.79 bits per heavy atom. The minimum atomic E-state index is -0.497. The van der Waals surface area contributed by atoms with Crippen LogP contribution in [0.3, 0.4) is 0 Å². The first-order chi connectivity index (χ1) is 13.5. The van der Waals surface area contributed by atoms with Crippen molar-refractivity contribution in [3.8, 4) is 5.69 Å². The summed E-state index contributed by atoms with van der Waals surface area (Å²) in [6.07, 6.45) is 6.70. The zero-order valence-corrected chi connectivity index (χ0v) is 15.7. The van der Waals surface area contributed by atoms with Crippen LogP contribution in [-0.4, -0.2) is 38.3 Å². The van der Waals surface area contributed by atoms with Crippen molar-refractivity contribution in [2.45, 2.75) is 18.8 Å². The van der Waals surface area contributed by atoms with E-state index >= 15 is 0 Å². The van der Waals surface area contributed by atoms with Gasteiger partial charge in [-0.05, 0) is 25.0 Å². The lowest BCUT2D eigenvalue weighted by Crippen LogP contribution is -2.39. The zero-order chi connectivity index (χ0) is 19.7. The summed E-state index contributed by atoms with van der Waals surface area (Å²) >= 11 is 0. The van der Waals surface area contributed by atoms with Crippen molar-refractivity contribution in [2.75, 3.05) is 18.0 Å². The molecule has 1 aromatic carbocycles. The maximum atomic E-state index is 12.4. The Morgan fingerprint density at radius 1 is 1.25 bits per heavy atom. The molecule has 144 valence electrons. The van der Waals surface area contributed by atoms with Crippen LogP contribution >= 0.6 is 0 Å². The highest BCUT2D eigenvalue weighted by Gasteiger charge is 2.29. The van der Waals surface area contributed by atoms with Crippen LogP contribution in [0.1, 0.15) is 34.8 Å². The number of nitrogens with two attached hydrogens (primary N) is 1. The molecule has 1 atom stereocenters. The molecule has 3 heterocycles. The molecule has 2 N–H and O–H groups in total. The number of aromatic nitrogens is 4. The van der Waals surface area contributed by atoms with Gasteiger partial charge in [0.2, 0.25) is 0 Å². The highest BCUT2D eigenvalue weighted by Crippen LogP contribution is 2.30. The number of para-hydroxylation sites is 1. The largest absolute Gasteiger partial charge is 0.365 e. The first-order valence-corrected chi connectivity index (χ1v) is 9.26. The number of piperidine rings is 1. The van der Waals surface area contributed by atoms with E-state index < -0.39 is 5.91 Å². The molecule has 1 amide bonds. The molecule has 1 aliphatic heterocycles. The lowest BCUT2D eigenvalue weighted by Gasteiger charge is -2.32. The van der Waals surface area contributed by atoms with E-state index in [-0.39, 0.29) is 11.5 Å². The summed E-state index contributed by atoms with van der Waals surface area (Å²) in [5, 5.41) is 4.68. The molecule has 28 heavy (non-hydrogen) atoms. The fourth-order valence-electron chi connectivity index (χ4n) is 3.69. The van der Waals surface area contributed by atoms with Crippen LogP contribution in [0.15, 0.2) is 53.7 Å². The van der Waals surface area contributed by atoms with Crippen LogP contribution in [0.25, 0.3) is 5.69 Å². The van der Waals surface area contributed by atoms with Gasteiger partial charge in [-0.1, -0.05) is 18.2 Å². The molecule has 0 radical (unpaired) electrons. The number of carbonyl (C=O) groups is 1. The second kappa shape index (κ2) is 7.30. The third-order valence-electron chi connectivity index (χ3n) is 5.14. The molecule has 8 nitrogen and oxygen atoms in total. The van der Waals surface area contributed by atoms with E-state index in [1.807, 2.05) is 35.2 Å². The number of carbonyl (C=O) groups excluding carboxylic acids is 1. The van der Waals surface area contributed by atoms with E-state index in [9.17, 15) is 9.59 Å². The third kappa shape index (κ3) is 3.28. The topological polar surface area (TPSA) is 99.0 Å². The van der Waals surface area contributed by atoms with Crippen molar-refractivity contribution < 1.29 is 4.79 Å². The fraction of sp³-hybridized carbons (Fsp3) is 0.300. The Balaban J connectivity index is 1.68. The average molecular weight is 378 g/mol. The van der Waals surface area contributed by atoms with E-state index in [4.69, 9.17) is 5.73 Å². The Labute approximate surface area is 162 Å². The van der Waals surface area contributed by atoms with E-state index in [1.165, 1.54) is 4.57 Å². The number of primary amides is 1. The fourth-order valence-corrected chi connectivity index (χ4v) is 3.69. The summed E-state index contributed by atoms with van der Waals surface area (Å²) < 4.78 is 3.21. The Bertz CT molecular complexity index is 1060. The van der Waals surface area contributed by atoms with Crippen molar-refractivity contribution in [3.05, 3.63) is 70.5 Å². The van der Waals surface area contributed by atoms with Crippen molar-refractivity contribution in [1.82, 2.24) is 19.3 Å². The average Bonchev–Trinajstić information content (AvgIpc) is 3.17.